The third kappa shape index (κ3) is 3.90. The van der Waals surface area contributed by atoms with E-state index in [4.69, 9.17) is 5.73 Å². The topological polar surface area (TPSA) is 43.1 Å². The van der Waals surface area contributed by atoms with Crippen LogP contribution in [-0.2, 0) is 10.8 Å². The first-order valence-electron chi connectivity index (χ1n) is 7.32. The molecule has 2 nitrogen and oxygen atoms in total. The van der Waals surface area contributed by atoms with Crippen molar-refractivity contribution in [3.63, 3.8) is 0 Å². The lowest BCUT2D eigenvalue weighted by Crippen LogP contribution is -2.25. The molecule has 0 spiro atoms. The molecule has 3 atom stereocenters. The molecule has 1 aliphatic carbocycles. The van der Waals surface area contributed by atoms with Crippen molar-refractivity contribution in [2.45, 2.75) is 56.4 Å². The largest absolute Gasteiger partial charge is 0.327 e. The highest BCUT2D eigenvalue weighted by Crippen LogP contribution is 2.27. The molecule has 0 bridgehead atoms. The summed E-state index contributed by atoms with van der Waals surface area (Å²) in [6.45, 7) is 4.35. The summed E-state index contributed by atoms with van der Waals surface area (Å²) in [6, 6.07) is 8.55. The van der Waals surface area contributed by atoms with E-state index in [0.717, 1.165) is 23.5 Å². The van der Waals surface area contributed by atoms with Crippen LogP contribution in [0.25, 0.3) is 0 Å². The standard InChI is InChI=1S/C16H25NOS/c1-12(2)13-6-8-15(9-7-13)19(18)11-10-14-4-3-5-16(14)17/h6-9,12,14,16H,3-5,10-11,17H2,1-2H3. The second-order valence-corrected chi connectivity index (χ2v) is 7.49. The molecular formula is C16H25NOS. The van der Waals surface area contributed by atoms with Crippen molar-refractivity contribution in [2.24, 2.45) is 11.7 Å². The molecule has 0 heterocycles. The summed E-state index contributed by atoms with van der Waals surface area (Å²) in [5, 5.41) is 0. The van der Waals surface area contributed by atoms with Gasteiger partial charge in [0.15, 0.2) is 0 Å². The molecule has 19 heavy (non-hydrogen) atoms. The number of rotatable bonds is 5. The zero-order valence-electron chi connectivity index (χ0n) is 12.0. The van der Waals surface area contributed by atoms with Crippen molar-refractivity contribution < 1.29 is 4.21 Å². The van der Waals surface area contributed by atoms with Crippen LogP contribution in [0, 0.1) is 5.92 Å². The average molecular weight is 279 g/mol. The summed E-state index contributed by atoms with van der Waals surface area (Å²) in [5.74, 6) is 1.86. The lowest BCUT2D eigenvalue weighted by Gasteiger charge is -2.14. The first-order valence-corrected chi connectivity index (χ1v) is 8.63. The summed E-state index contributed by atoms with van der Waals surface area (Å²) in [6.07, 6.45) is 4.59. The van der Waals surface area contributed by atoms with E-state index in [9.17, 15) is 4.21 Å². The number of nitrogens with two attached hydrogens (primary N) is 1. The summed E-state index contributed by atoms with van der Waals surface area (Å²) in [7, 11) is -0.871. The Balaban J connectivity index is 1.89. The van der Waals surface area contributed by atoms with Gasteiger partial charge in [-0.2, -0.15) is 0 Å². The first kappa shape index (κ1) is 14.7. The minimum Gasteiger partial charge on any atom is -0.327 e. The van der Waals surface area contributed by atoms with Crippen LogP contribution in [0.4, 0.5) is 0 Å². The van der Waals surface area contributed by atoms with Gasteiger partial charge < -0.3 is 5.73 Å². The van der Waals surface area contributed by atoms with E-state index in [0.29, 0.717) is 17.9 Å². The van der Waals surface area contributed by atoms with Gasteiger partial charge in [-0.1, -0.05) is 32.4 Å². The van der Waals surface area contributed by atoms with Gasteiger partial charge in [0.1, 0.15) is 0 Å². The Morgan fingerprint density at radius 2 is 1.95 bits per heavy atom. The van der Waals surface area contributed by atoms with Crippen LogP contribution < -0.4 is 5.73 Å². The summed E-state index contributed by atoms with van der Waals surface area (Å²) >= 11 is 0. The highest BCUT2D eigenvalue weighted by molar-refractivity contribution is 7.85. The zero-order valence-corrected chi connectivity index (χ0v) is 12.8. The maximum Gasteiger partial charge on any atom is 0.0529 e. The second kappa shape index (κ2) is 6.67. The summed E-state index contributed by atoms with van der Waals surface area (Å²) < 4.78 is 12.3. The van der Waals surface area contributed by atoms with Gasteiger partial charge in [-0.05, 0) is 48.8 Å². The lowest BCUT2D eigenvalue weighted by molar-refractivity contribution is 0.468. The van der Waals surface area contributed by atoms with E-state index in [-0.39, 0.29) is 0 Å². The van der Waals surface area contributed by atoms with Crippen molar-refractivity contribution in [2.75, 3.05) is 5.75 Å². The van der Waals surface area contributed by atoms with Crippen LogP contribution in [-0.4, -0.2) is 16.0 Å². The Hall–Kier alpha value is -0.670. The fourth-order valence-electron chi connectivity index (χ4n) is 2.80. The van der Waals surface area contributed by atoms with Crippen LogP contribution in [0.15, 0.2) is 29.2 Å². The van der Waals surface area contributed by atoms with E-state index >= 15 is 0 Å². The molecule has 106 valence electrons. The number of benzene rings is 1. The maximum atomic E-state index is 12.3. The predicted octanol–water partition coefficient (Wildman–Crippen LogP) is 3.44. The van der Waals surface area contributed by atoms with Crippen molar-refractivity contribution in [1.82, 2.24) is 0 Å². The van der Waals surface area contributed by atoms with Crippen molar-refractivity contribution in [1.29, 1.82) is 0 Å². The molecule has 0 saturated heterocycles. The van der Waals surface area contributed by atoms with Gasteiger partial charge in [0, 0.05) is 16.7 Å². The normalized spacial score (nSPS) is 24.8. The molecule has 0 radical (unpaired) electrons. The van der Waals surface area contributed by atoms with E-state index in [1.54, 1.807) is 0 Å². The van der Waals surface area contributed by atoms with Gasteiger partial charge in [0.05, 0.1) is 10.8 Å². The summed E-state index contributed by atoms with van der Waals surface area (Å²) in [4.78, 5) is 0.955. The first-order chi connectivity index (χ1) is 9.08. The fourth-order valence-corrected chi connectivity index (χ4v) is 4.00. The molecule has 3 heteroatoms. The lowest BCUT2D eigenvalue weighted by atomic mass is 10.0. The Labute approximate surface area is 119 Å². The minimum atomic E-state index is -0.871. The highest BCUT2D eigenvalue weighted by atomic mass is 32.2. The van der Waals surface area contributed by atoms with Gasteiger partial charge in [0.2, 0.25) is 0 Å². The van der Waals surface area contributed by atoms with Crippen molar-refractivity contribution >= 4 is 10.8 Å². The smallest absolute Gasteiger partial charge is 0.0529 e. The quantitative estimate of drug-likeness (QED) is 0.897. The Bertz CT molecular complexity index is 427. The molecule has 1 fully saturated rings. The molecule has 0 amide bonds. The Morgan fingerprint density at radius 1 is 1.26 bits per heavy atom. The van der Waals surface area contributed by atoms with E-state index in [1.807, 2.05) is 12.1 Å². The van der Waals surface area contributed by atoms with E-state index in [2.05, 4.69) is 26.0 Å². The van der Waals surface area contributed by atoms with Crippen LogP contribution in [0.1, 0.15) is 51.0 Å². The van der Waals surface area contributed by atoms with Crippen molar-refractivity contribution in [3.8, 4) is 0 Å². The molecule has 2 N–H and O–H groups in total. The fraction of sp³-hybridized carbons (Fsp3) is 0.625. The van der Waals surface area contributed by atoms with Gasteiger partial charge in [-0.25, -0.2) is 0 Å². The van der Waals surface area contributed by atoms with Crippen LogP contribution in [0.3, 0.4) is 0 Å². The number of hydrogen-bond donors (Lipinski definition) is 1. The third-order valence-corrected chi connectivity index (χ3v) is 5.61. The maximum absolute atomic E-state index is 12.3. The van der Waals surface area contributed by atoms with E-state index < -0.39 is 10.8 Å². The Kier molecular flexibility index (Phi) is 5.17. The molecule has 0 aliphatic heterocycles. The van der Waals surface area contributed by atoms with E-state index in [1.165, 1.54) is 18.4 Å². The molecule has 1 aromatic carbocycles. The molecule has 1 aromatic rings. The second-order valence-electron chi connectivity index (χ2n) is 5.92. The highest BCUT2D eigenvalue weighted by Gasteiger charge is 2.24. The average Bonchev–Trinajstić information content (AvgIpc) is 2.81. The van der Waals surface area contributed by atoms with Gasteiger partial charge in [0.25, 0.3) is 0 Å². The van der Waals surface area contributed by atoms with Gasteiger partial charge >= 0.3 is 0 Å². The molecule has 1 saturated carbocycles. The molecule has 3 unspecified atom stereocenters. The van der Waals surface area contributed by atoms with Gasteiger partial charge in [-0.15, -0.1) is 0 Å². The predicted molar refractivity (Wildman–Crippen MR) is 81.7 cm³/mol. The third-order valence-electron chi connectivity index (χ3n) is 4.20. The number of hydrogen-bond acceptors (Lipinski definition) is 2. The van der Waals surface area contributed by atoms with Gasteiger partial charge in [-0.3, -0.25) is 4.21 Å². The SMILES string of the molecule is CC(C)c1ccc(S(=O)CCC2CCCC2N)cc1. The van der Waals surface area contributed by atoms with Crippen LogP contribution in [0.2, 0.25) is 0 Å². The monoisotopic (exact) mass is 279 g/mol. The zero-order chi connectivity index (χ0) is 13.8. The van der Waals surface area contributed by atoms with Crippen LogP contribution >= 0.6 is 0 Å². The summed E-state index contributed by atoms with van der Waals surface area (Å²) in [5.41, 5.74) is 7.36. The molecule has 1 aliphatic rings. The molecule has 2 rings (SSSR count). The molecule has 0 aromatic heterocycles. The Morgan fingerprint density at radius 3 is 2.47 bits per heavy atom. The minimum absolute atomic E-state index is 0.334. The van der Waals surface area contributed by atoms with Crippen LogP contribution in [0.5, 0.6) is 0 Å². The van der Waals surface area contributed by atoms with Crippen molar-refractivity contribution in [3.05, 3.63) is 29.8 Å². The molecular weight excluding hydrogens is 254 g/mol.